The van der Waals surface area contributed by atoms with Gasteiger partial charge in [0.2, 0.25) is 0 Å². The van der Waals surface area contributed by atoms with Crippen molar-refractivity contribution >= 4 is 6.09 Å². The molecule has 6 nitrogen and oxygen atoms in total. The molecule has 0 saturated carbocycles. The van der Waals surface area contributed by atoms with Gasteiger partial charge in [0.25, 0.3) is 0 Å². The molecule has 1 saturated heterocycles. The van der Waals surface area contributed by atoms with E-state index in [1.54, 1.807) is 12.0 Å². The molecule has 0 bridgehead atoms. The first-order chi connectivity index (χ1) is 13.6. The topological polar surface area (TPSA) is 79.2 Å². The molecule has 1 aliphatic rings. The molecule has 1 heterocycles. The lowest BCUT2D eigenvalue weighted by Gasteiger charge is -2.36. The highest BCUT2D eigenvalue weighted by Crippen LogP contribution is 2.47. The summed E-state index contributed by atoms with van der Waals surface area (Å²) in [5.74, 6) is 1.27. The Morgan fingerprint density at radius 3 is 2.34 bits per heavy atom. The molecule has 1 aliphatic heterocycles. The molecule has 0 radical (unpaired) electrons. The molecule has 29 heavy (non-hydrogen) atoms. The number of ether oxygens (including phenoxy) is 2. The number of aliphatic hydroxyl groups excluding tert-OH is 2. The number of likely N-dealkylation sites (tertiary alicyclic amines) is 1. The van der Waals surface area contributed by atoms with Crippen molar-refractivity contribution in [2.75, 3.05) is 13.7 Å². The van der Waals surface area contributed by atoms with E-state index in [4.69, 9.17) is 9.47 Å². The number of methoxy groups -OCH3 is 1. The monoisotopic (exact) mass is 407 g/mol. The van der Waals surface area contributed by atoms with E-state index in [1.165, 1.54) is 0 Å². The van der Waals surface area contributed by atoms with Gasteiger partial charge in [0.05, 0.1) is 25.3 Å². The van der Waals surface area contributed by atoms with Crippen LogP contribution >= 0.6 is 0 Å². The zero-order valence-electron chi connectivity index (χ0n) is 18.6. The molecular formula is C23H37NO5. The van der Waals surface area contributed by atoms with Gasteiger partial charge in [-0.05, 0) is 69.6 Å². The second kappa shape index (κ2) is 9.81. The average molecular weight is 408 g/mol. The predicted molar refractivity (Wildman–Crippen MR) is 113 cm³/mol. The van der Waals surface area contributed by atoms with Crippen LogP contribution in [0.3, 0.4) is 0 Å². The van der Waals surface area contributed by atoms with Crippen LogP contribution in [0.2, 0.25) is 0 Å². The van der Waals surface area contributed by atoms with Crippen molar-refractivity contribution in [3.8, 4) is 5.75 Å². The molecule has 2 rings (SSSR count). The Labute approximate surface area is 174 Å². The molecule has 2 N–H and O–H groups in total. The molecule has 1 amide bonds. The van der Waals surface area contributed by atoms with Gasteiger partial charge in [-0.25, -0.2) is 4.79 Å². The summed E-state index contributed by atoms with van der Waals surface area (Å²) in [5, 5.41) is 20.0. The maximum absolute atomic E-state index is 13.2. The number of carbonyl (C=O) groups is 1. The summed E-state index contributed by atoms with van der Waals surface area (Å²) in [6, 6.07) is 7.23. The number of nitrogens with zero attached hydrogens (tertiary/aromatic N) is 1. The molecule has 0 unspecified atom stereocenters. The Kier molecular flexibility index (Phi) is 7.94. The van der Waals surface area contributed by atoms with Crippen molar-refractivity contribution in [1.82, 2.24) is 4.90 Å². The second-order valence-electron chi connectivity index (χ2n) is 9.25. The largest absolute Gasteiger partial charge is 0.497 e. The van der Waals surface area contributed by atoms with Gasteiger partial charge in [-0.2, -0.15) is 0 Å². The minimum Gasteiger partial charge on any atom is -0.497 e. The third-order valence-electron chi connectivity index (χ3n) is 5.60. The van der Waals surface area contributed by atoms with Gasteiger partial charge in [-0.15, -0.1) is 0 Å². The van der Waals surface area contributed by atoms with Gasteiger partial charge < -0.3 is 19.7 Å². The van der Waals surface area contributed by atoms with Crippen molar-refractivity contribution in [2.24, 2.45) is 11.8 Å². The van der Waals surface area contributed by atoms with Crippen molar-refractivity contribution in [3.63, 3.8) is 0 Å². The first-order valence-electron chi connectivity index (χ1n) is 10.5. The molecule has 164 valence electrons. The molecule has 0 aromatic heterocycles. The van der Waals surface area contributed by atoms with E-state index < -0.39 is 17.8 Å². The van der Waals surface area contributed by atoms with Gasteiger partial charge in [0.15, 0.2) is 0 Å². The maximum atomic E-state index is 13.2. The number of aliphatic hydroxyl groups is 2. The SMILES string of the molecule is COc1ccc([C@H]2[C@H](C(C)C)C[C@@H]([C@@H](O)CCCO)N2C(=O)OC(C)(C)C)cc1. The molecule has 1 aromatic carbocycles. The zero-order valence-corrected chi connectivity index (χ0v) is 18.6. The number of hydrogen-bond acceptors (Lipinski definition) is 5. The minimum absolute atomic E-state index is 0.0196. The Hall–Kier alpha value is -1.79. The lowest BCUT2D eigenvalue weighted by Crippen LogP contribution is -2.46. The second-order valence-corrected chi connectivity index (χ2v) is 9.25. The fraction of sp³-hybridized carbons (Fsp3) is 0.696. The Bertz CT molecular complexity index is 652. The van der Waals surface area contributed by atoms with Crippen molar-refractivity contribution < 1.29 is 24.5 Å². The van der Waals surface area contributed by atoms with Crippen molar-refractivity contribution in [3.05, 3.63) is 29.8 Å². The summed E-state index contributed by atoms with van der Waals surface area (Å²) < 4.78 is 11.0. The minimum atomic E-state index is -0.709. The summed E-state index contributed by atoms with van der Waals surface area (Å²) in [4.78, 5) is 15.0. The van der Waals surface area contributed by atoms with Crippen molar-refractivity contribution in [1.29, 1.82) is 0 Å². The first kappa shape index (κ1) is 23.5. The predicted octanol–water partition coefficient (Wildman–Crippen LogP) is 4.15. The molecule has 0 spiro atoms. The van der Waals surface area contributed by atoms with Crippen LogP contribution in [0.5, 0.6) is 5.75 Å². The van der Waals surface area contributed by atoms with E-state index in [0.29, 0.717) is 25.2 Å². The highest BCUT2D eigenvalue weighted by molar-refractivity contribution is 5.70. The number of rotatable bonds is 7. The fourth-order valence-electron chi connectivity index (χ4n) is 4.18. The molecule has 6 heteroatoms. The number of amides is 1. The molecule has 4 atom stereocenters. The standard InChI is InChI=1S/C23H37NO5/c1-15(2)18-14-19(20(26)8-7-13-25)24(22(27)29-23(3,4)5)21(18)16-9-11-17(28-6)12-10-16/h9-12,15,18-21,25-26H,7-8,13-14H2,1-6H3/t18-,19-,20-,21-/m0/s1. The maximum Gasteiger partial charge on any atom is 0.411 e. The summed E-state index contributed by atoms with van der Waals surface area (Å²) in [6.45, 7) is 9.86. The van der Waals surface area contributed by atoms with Crippen molar-refractivity contribution in [2.45, 2.75) is 77.7 Å². The highest BCUT2D eigenvalue weighted by atomic mass is 16.6. The van der Waals surface area contributed by atoms with E-state index in [9.17, 15) is 15.0 Å². The smallest absolute Gasteiger partial charge is 0.411 e. The first-order valence-corrected chi connectivity index (χ1v) is 10.5. The van der Waals surface area contributed by atoms with E-state index in [2.05, 4.69) is 13.8 Å². The number of carbonyl (C=O) groups excluding carboxylic acids is 1. The molecular weight excluding hydrogens is 370 g/mol. The van der Waals surface area contributed by atoms with Crippen LogP contribution < -0.4 is 4.74 Å². The molecule has 0 aliphatic carbocycles. The van der Waals surface area contributed by atoms with Gasteiger partial charge in [0, 0.05) is 6.61 Å². The quantitative estimate of drug-likeness (QED) is 0.710. The van der Waals surface area contributed by atoms with Gasteiger partial charge in [-0.3, -0.25) is 4.90 Å². The Balaban J connectivity index is 2.45. The van der Waals surface area contributed by atoms with Gasteiger partial charge in [0.1, 0.15) is 11.4 Å². The summed E-state index contributed by atoms with van der Waals surface area (Å²) in [5.41, 5.74) is 0.380. The molecule has 1 fully saturated rings. The van der Waals surface area contributed by atoms with Crippen LogP contribution in [0.15, 0.2) is 24.3 Å². The lowest BCUT2D eigenvalue weighted by molar-refractivity contribution is -0.00801. The third kappa shape index (κ3) is 5.86. The highest BCUT2D eigenvalue weighted by Gasteiger charge is 2.49. The lowest BCUT2D eigenvalue weighted by atomic mass is 9.84. The normalized spacial score (nSPS) is 23.3. The van der Waals surface area contributed by atoms with E-state index in [1.807, 2.05) is 45.0 Å². The average Bonchev–Trinajstić information content (AvgIpc) is 3.06. The van der Waals surface area contributed by atoms with Crippen LogP contribution in [0.1, 0.15) is 65.5 Å². The summed E-state index contributed by atoms with van der Waals surface area (Å²) >= 11 is 0. The third-order valence-corrected chi connectivity index (χ3v) is 5.60. The van der Waals surface area contributed by atoms with Crippen LogP contribution in [-0.4, -0.2) is 52.7 Å². The molecule has 1 aromatic rings. The van der Waals surface area contributed by atoms with E-state index in [0.717, 1.165) is 11.3 Å². The van der Waals surface area contributed by atoms with E-state index >= 15 is 0 Å². The van der Waals surface area contributed by atoms with Crippen LogP contribution in [0.4, 0.5) is 4.79 Å². The van der Waals surface area contributed by atoms with E-state index in [-0.39, 0.29) is 24.6 Å². The summed E-state index contributed by atoms with van der Waals surface area (Å²) in [7, 11) is 1.63. The van der Waals surface area contributed by atoms with Crippen LogP contribution in [0, 0.1) is 11.8 Å². The Morgan fingerprint density at radius 1 is 1.24 bits per heavy atom. The summed E-state index contributed by atoms with van der Waals surface area (Å²) in [6.07, 6.45) is 0.522. The van der Waals surface area contributed by atoms with Crippen LogP contribution in [-0.2, 0) is 4.74 Å². The fourth-order valence-corrected chi connectivity index (χ4v) is 4.18. The number of hydrogen-bond donors (Lipinski definition) is 2. The van der Waals surface area contributed by atoms with Gasteiger partial charge in [-0.1, -0.05) is 26.0 Å². The van der Waals surface area contributed by atoms with Crippen LogP contribution in [0.25, 0.3) is 0 Å². The number of benzene rings is 1. The Morgan fingerprint density at radius 2 is 1.86 bits per heavy atom. The van der Waals surface area contributed by atoms with Gasteiger partial charge >= 0.3 is 6.09 Å². The zero-order chi connectivity index (χ0) is 21.8.